The van der Waals surface area contributed by atoms with E-state index in [1.807, 2.05) is 0 Å². The molecule has 0 aliphatic carbocycles. The van der Waals surface area contributed by atoms with E-state index >= 15 is 0 Å². The third-order valence-corrected chi connectivity index (χ3v) is 6.90. The predicted molar refractivity (Wildman–Crippen MR) is 104 cm³/mol. The molecule has 8 nitrogen and oxygen atoms in total. The van der Waals surface area contributed by atoms with Gasteiger partial charge in [0.15, 0.2) is 9.84 Å². The fourth-order valence-electron chi connectivity index (χ4n) is 3.33. The number of amides is 1. The maximum atomic E-state index is 12.9. The average molecular weight is 475 g/mol. The Kier molecular flexibility index (Phi) is 6.96. The summed E-state index contributed by atoms with van der Waals surface area (Å²) in [5.41, 5.74) is 0.248. The minimum atomic E-state index is -4.80. The number of halogens is 3. The van der Waals surface area contributed by atoms with Gasteiger partial charge in [-0.2, -0.15) is 0 Å². The molecule has 0 bridgehead atoms. The predicted octanol–water partition coefficient (Wildman–Crippen LogP) is 3.45. The number of rotatable bonds is 7. The normalized spacial score (nSPS) is 16.2. The lowest BCUT2D eigenvalue weighted by atomic mass is 9.81. The van der Waals surface area contributed by atoms with Gasteiger partial charge in [0.05, 0.1) is 16.1 Å². The van der Waals surface area contributed by atoms with Gasteiger partial charge in [-0.05, 0) is 61.4 Å². The smallest absolute Gasteiger partial charge is 0.457 e. The van der Waals surface area contributed by atoms with Crippen LogP contribution < -0.4 is 15.0 Å². The summed E-state index contributed by atoms with van der Waals surface area (Å²) in [5.74, 6) is -1.21. The Bertz CT molecular complexity index is 1030. The summed E-state index contributed by atoms with van der Waals surface area (Å²) in [5, 5.41) is 9.05. The van der Waals surface area contributed by atoms with Gasteiger partial charge in [0.1, 0.15) is 17.2 Å². The zero-order chi connectivity index (χ0) is 23.4. The maximum absolute atomic E-state index is 12.9. The number of carbonyl (C=O) groups is 1. The summed E-state index contributed by atoms with van der Waals surface area (Å²) in [7, 11) is -3.89. The van der Waals surface area contributed by atoms with Gasteiger partial charge in [-0.25, -0.2) is 13.9 Å². The van der Waals surface area contributed by atoms with E-state index in [4.69, 9.17) is 14.7 Å². The molecule has 0 saturated carbocycles. The van der Waals surface area contributed by atoms with Crippen molar-refractivity contribution in [2.45, 2.75) is 24.1 Å². The standard InChI is InChI=1S/C20H20F3NO7S/c21-20(22,23)31-16-3-1-14(2-4-16)30-15-5-7-17(8-6-15)32(27,28)13-19(18(25)24-26)9-11-29-12-10-19/h1-8,26H,9-13H2,(H,24,25). The molecule has 32 heavy (non-hydrogen) atoms. The van der Waals surface area contributed by atoms with Crippen molar-refractivity contribution in [3.8, 4) is 17.2 Å². The molecular weight excluding hydrogens is 455 g/mol. The molecule has 1 aliphatic heterocycles. The molecule has 12 heteroatoms. The number of ether oxygens (including phenoxy) is 3. The topological polar surface area (TPSA) is 111 Å². The van der Waals surface area contributed by atoms with Crippen LogP contribution in [0.4, 0.5) is 13.2 Å². The van der Waals surface area contributed by atoms with Crippen LogP contribution in [0.15, 0.2) is 53.4 Å². The van der Waals surface area contributed by atoms with E-state index in [9.17, 15) is 26.4 Å². The fourth-order valence-corrected chi connectivity index (χ4v) is 5.19. The van der Waals surface area contributed by atoms with Gasteiger partial charge in [0.2, 0.25) is 0 Å². The van der Waals surface area contributed by atoms with E-state index in [2.05, 4.69) is 4.74 Å². The highest BCUT2D eigenvalue weighted by Crippen LogP contribution is 2.35. The molecule has 0 atom stereocenters. The van der Waals surface area contributed by atoms with Gasteiger partial charge in [0.25, 0.3) is 5.91 Å². The van der Waals surface area contributed by atoms with Crippen LogP contribution in [0, 0.1) is 5.41 Å². The zero-order valence-corrected chi connectivity index (χ0v) is 17.4. The lowest BCUT2D eigenvalue weighted by Gasteiger charge is -2.34. The van der Waals surface area contributed by atoms with Crippen LogP contribution in [0.5, 0.6) is 17.2 Å². The average Bonchev–Trinajstić information content (AvgIpc) is 2.74. The molecule has 0 spiro atoms. The highest BCUT2D eigenvalue weighted by Gasteiger charge is 2.44. The number of benzene rings is 2. The lowest BCUT2D eigenvalue weighted by molar-refractivity contribution is -0.274. The van der Waals surface area contributed by atoms with Crippen molar-refractivity contribution >= 4 is 15.7 Å². The number of hydrogen-bond donors (Lipinski definition) is 2. The second-order valence-electron chi connectivity index (χ2n) is 7.19. The number of carbonyl (C=O) groups excluding carboxylic acids is 1. The van der Waals surface area contributed by atoms with E-state index in [0.29, 0.717) is 0 Å². The van der Waals surface area contributed by atoms with E-state index in [1.165, 1.54) is 36.4 Å². The monoisotopic (exact) mass is 475 g/mol. The molecule has 1 aliphatic rings. The summed E-state index contributed by atoms with van der Waals surface area (Å²) in [6.07, 6.45) is -4.51. The highest BCUT2D eigenvalue weighted by molar-refractivity contribution is 7.91. The molecule has 1 amide bonds. The summed E-state index contributed by atoms with van der Waals surface area (Å²) in [6, 6.07) is 10.1. The van der Waals surface area contributed by atoms with Crippen LogP contribution in [0.3, 0.4) is 0 Å². The SMILES string of the molecule is O=C(NO)C1(CS(=O)(=O)c2ccc(Oc3ccc(OC(F)(F)F)cc3)cc2)CCOCC1. The third-order valence-electron chi connectivity index (χ3n) is 4.98. The molecule has 2 aromatic carbocycles. The summed E-state index contributed by atoms with van der Waals surface area (Å²) < 4.78 is 76.9. The first-order valence-electron chi connectivity index (χ1n) is 9.42. The molecule has 2 N–H and O–H groups in total. The first kappa shape index (κ1) is 23.8. The van der Waals surface area contributed by atoms with Crippen LogP contribution in [0.2, 0.25) is 0 Å². The van der Waals surface area contributed by atoms with Gasteiger partial charge in [-0.15, -0.1) is 13.2 Å². The van der Waals surface area contributed by atoms with E-state index in [-0.39, 0.29) is 42.4 Å². The Hall–Kier alpha value is -2.83. The number of nitrogens with one attached hydrogen (secondary N) is 1. The number of hydrogen-bond acceptors (Lipinski definition) is 7. The van der Waals surface area contributed by atoms with Crippen molar-refractivity contribution in [1.82, 2.24) is 5.48 Å². The van der Waals surface area contributed by atoms with Crippen molar-refractivity contribution in [2.75, 3.05) is 19.0 Å². The van der Waals surface area contributed by atoms with Crippen molar-refractivity contribution in [1.29, 1.82) is 0 Å². The van der Waals surface area contributed by atoms with Crippen LogP contribution in [0.25, 0.3) is 0 Å². The van der Waals surface area contributed by atoms with Gasteiger partial charge < -0.3 is 14.2 Å². The Labute approximate surface area is 181 Å². The summed E-state index contributed by atoms with van der Waals surface area (Å²) >= 11 is 0. The van der Waals surface area contributed by atoms with Gasteiger partial charge in [-0.3, -0.25) is 10.0 Å². The van der Waals surface area contributed by atoms with Crippen molar-refractivity contribution in [2.24, 2.45) is 5.41 Å². The number of sulfone groups is 1. The summed E-state index contributed by atoms with van der Waals surface area (Å²) in [4.78, 5) is 12.1. The van der Waals surface area contributed by atoms with Crippen LogP contribution >= 0.6 is 0 Å². The molecule has 1 heterocycles. The number of hydroxylamine groups is 1. The molecule has 1 fully saturated rings. The Morgan fingerprint density at radius 1 is 1.00 bits per heavy atom. The third kappa shape index (κ3) is 5.90. The van der Waals surface area contributed by atoms with Crippen LogP contribution in [0.1, 0.15) is 12.8 Å². The maximum Gasteiger partial charge on any atom is 0.573 e. The van der Waals surface area contributed by atoms with Crippen molar-refractivity contribution in [3.05, 3.63) is 48.5 Å². The second-order valence-corrected chi connectivity index (χ2v) is 9.17. The first-order valence-corrected chi connectivity index (χ1v) is 11.1. The first-order chi connectivity index (χ1) is 15.0. The second kappa shape index (κ2) is 9.35. The van der Waals surface area contributed by atoms with E-state index in [1.54, 1.807) is 5.48 Å². The molecule has 174 valence electrons. The van der Waals surface area contributed by atoms with Gasteiger partial charge >= 0.3 is 6.36 Å². The Morgan fingerprint density at radius 3 is 2.00 bits per heavy atom. The van der Waals surface area contributed by atoms with Crippen molar-refractivity contribution < 1.29 is 45.8 Å². The van der Waals surface area contributed by atoms with Crippen LogP contribution in [-0.2, 0) is 19.4 Å². The fraction of sp³-hybridized carbons (Fsp3) is 0.350. The Morgan fingerprint density at radius 2 is 1.50 bits per heavy atom. The molecule has 2 aromatic rings. The molecular formula is C20H20F3NO7S. The highest BCUT2D eigenvalue weighted by atomic mass is 32.2. The minimum absolute atomic E-state index is 0.0459. The van der Waals surface area contributed by atoms with Crippen molar-refractivity contribution in [3.63, 3.8) is 0 Å². The summed E-state index contributed by atoms with van der Waals surface area (Å²) in [6.45, 7) is 0.394. The molecule has 1 saturated heterocycles. The molecule has 3 rings (SSSR count). The van der Waals surface area contributed by atoms with E-state index < -0.39 is 39.0 Å². The molecule has 0 radical (unpaired) electrons. The van der Waals surface area contributed by atoms with Gasteiger partial charge in [0, 0.05) is 13.2 Å². The molecule has 0 unspecified atom stereocenters. The zero-order valence-electron chi connectivity index (χ0n) is 16.6. The van der Waals surface area contributed by atoms with E-state index in [0.717, 1.165) is 12.1 Å². The van der Waals surface area contributed by atoms with Gasteiger partial charge in [-0.1, -0.05) is 0 Å². The quantitative estimate of drug-likeness (QED) is 0.466. The Balaban J connectivity index is 1.71. The minimum Gasteiger partial charge on any atom is -0.457 e. The molecule has 0 aromatic heterocycles. The largest absolute Gasteiger partial charge is 0.573 e. The van der Waals surface area contributed by atoms with Crippen LogP contribution in [-0.4, -0.2) is 44.9 Å². The number of alkyl halides is 3. The lowest BCUT2D eigenvalue weighted by Crippen LogP contribution is -2.47.